The number of aryl methyl sites for hydroxylation is 1. The Morgan fingerprint density at radius 2 is 2.12 bits per heavy atom. The highest BCUT2D eigenvalue weighted by Gasteiger charge is 2.20. The van der Waals surface area contributed by atoms with Crippen molar-refractivity contribution in [2.75, 3.05) is 5.32 Å². The Bertz CT molecular complexity index is 862. The van der Waals surface area contributed by atoms with Crippen LogP contribution in [0.5, 0.6) is 0 Å². The third-order valence-electron chi connectivity index (χ3n) is 3.83. The summed E-state index contributed by atoms with van der Waals surface area (Å²) in [5.41, 5.74) is 1.50. The number of hydrogen-bond acceptors (Lipinski definition) is 5. The van der Waals surface area contributed by atoms with Gasteiger partial charge in [0, 0.05) is 36.3 Å². The molecule has 1 amide bonds. The van der Waals surface area contributed by atoms with Crippen LogP contribution >= 0.6 is 0 Å². The average Bonchev–Trinajstić information content (AvgIpc) is 3.26. The molecule has 3 rings (SSSR count). The molecule has 1 N–H and O–H groups in total. The molecule has 0 atom stereocenters. The minimum Gasteiger partial charge on any atom is -0.339 e. The summed E-state index contributed by atoms with van der Waals surface area (Å²) in [4.78, 5) is 16.5. The van der Waals surface area contributed by atoms with Crippen molar-refractivity contribution in [3.05, 3.63) is 54.4 Å². The molecule has 2 heterocycles. The Hall–Kier alpha value is -2.96. The fraction of sp³-hybridized carbons (Fsp3) is 0.368. The first-order valence-electron chi connectivity index (χ1n) is 8.65. The van der Waals surface area contributed by atoms with Crippen molar-refractivity contribution in [1.82, 2.24) is 19.9 Å². The molecule has 2 aromatic heterocycles. The summed E-state index contributed by atoms with van der Waals surface area (Å²) in [5, 5.41) is 11.1. The van der Waals surface area contributed by atoms with Gasteiger partial charge in [-0.1, -0.05) is 32.0 Å². The van der Waals surface area contributed by atoms with Crippen LogP contribution in [-0.2, 0) is 16.6 Å². The Kier molecular flexibility index (Phi) is 5.16. The van der Waals surface area contributed by atoms with Gasteiger partial charge in [-0.2, -0.15) is 10.1 Å². The summed E-state index contributed by atoms with van der Waals surface area (Å²) in [6, 6.07) is 9.43. The number of carbonyl (C=O) groups is 1. The third kappa shape index (κ3) is 4.56. The number of anilines is 1. The summed E-state index contributed by atoms with van der Waals surface area (Å²) in [6.45, 7) is 6.10. The predicted molar refractivity (Wildman–Crippen MR) is 98.1 cm³/mol. The van der Waals surface area contributed by atoms with E-state index in [1.807, 2.05) is 57.3 Å². The van der Waals surface area contributed by atoms with Crippen LogP contribution in [0.3, 0.4) is 0 Å². The Morgan fingerprint density at radius 1 is 1.27 bits per heavy atom. The Labute approximate surface area is 152 Å². The van der Waals surface area contributed by atoms with E-state index in [1.54, 1.807) is 10.9 Å². The lowest BCUT2D eigenvalue weighted by atomic mass is 9.96. The first-order chi connectivity index (χ1) is 12.4. The number of benzene rings is 1. The second-order valence-corrected chi connectivity index (χ2v) is 7.16. The molecule has 7 heteroatoms. The van der Waals surface area contributed by atoms with Gasteiger partial charge in [0.15, 0.2) is 5.82 Å². The zero-order valence-electron chi connectivity index (χ0n) is 15.3. The molecular weight excluding hydrogens is 330 g/mol. The minimum atomic E-state index is -0.140. The van der Waals surface area contributed by atoms with E-state index >= 15 is 0 Å². The quantitative estimate of drug-likeness (QED) is 0.733. The van der Waals surface area contributed by atoms with Crippen molar-refractivity contribution >= 4 is 11.6 Å². The van der Waals surface area contributed by atoms with Gasteiger partial charge in [0.25, 0.3) is 0 Å². The monoisotopic (exact) mass is 353 g/mol. The number of amides is 1. The first kappa shape index (κ1) is 17.8. The van der Waals surface area contributed by atoms with Gasteiger partial charge in [-0.05, 0) is 30.7 Å². The van der Waals surface area contributed by atoms with Crippen molar-refractivity contribution in [2.24, 2.45) is 0 Å². The molecule has 0 bridgehead atoms. The summed E-state index contributed by atoms with van der Waals surface area (Å²) in [7, 11) is 0. The predicted octanol–water partition coefficient (Wildman–Crippen LogP) is 3.51. The molecular formula is C19H23N5O2. The second-order valence-electron chi connectivity index (χ2n) is 7.16. The summed E-state index contributed by atoms with van der Waals surface area (Å²) >= 11 is 0. The van der Waals surface area contributed by atoms with Crippen LogP contribution in [-0.4, -0.2) is 25.8 Å². The number of aromatic nitrogens is 4. The lowest BCUT2D eigenvalue weighted by Gasteiger charge is -2.10. The van der Waals surface area contributed by atoms with Gasteiger partial charge in [-0.15, -0.1) is 0 Å². The summed E-state index contributed by atoms with van der Waals surface area (Å²) < 4.78 is 6.99. The minimum absolute atomic E-state index is 0.0434. The van der Waals surface area contributed by atoms with E-state index in [9.17, 15) is 4.79 Å². The maximum atomic E-state index is 12.2. The van der Waals surface area contributed by atoms with Crippen molar-refractivity contribution in [1.29, 1.82) is 0 Å². The van der Waals surface area contributed by atoms with Crippen molar-refractivity contribution in [3.63, 3.8) is 0 Å². The van der Waals surface area contributed by atoms with Gasteiger partial charge < -0.3 is 9.84 Å². The van der Waals surface area contributed by atoms with Gasteiger partial charge in [0.2, 0.25) is 11.8 Å². The zero-order valence-corrected chi connectivity index (χ0v) is 15.3. The molecule has 0 fully saturated rings. The number of carbonyl (C=O) groups excluding carboxylic acids is 1. The number of rotatable bonds is 6. The van der Waals surface area contributed by atoms with Crippen LogP contribution in [0.2, 0.25) is 0 Å². The van der Waals surface area contributed by atoms with E-state index in [0.717, 1.165) is 11.4 Å². The number of nitrogens with zero attached hydrogens (tertiary/aromatic N) is 4. The molecule has 7 nitrogen and oxygen atoms in total. The molecule has 1 aromatic carbocycles. The molecule has 0 unspecified atom stereocenters. The molecule has 0 aliphatic carbocycles. The largest absolute Gasteiger partial charge is 0.339 e. The molecule has 26 heavy (non-hydrogen) atoms. The average molecular weight is 353 g/mol. The van der Waals surface area contributed by atoms with Crippen LogP contribution in [0, 0.1) is 0 Å². The Morgan fingerprint density at radius 3 is 2.81 bits per heavy atom. The molecule has 3 aromatic rings. The van der Waals surface area contributed by atoms with E-state index in [2.05, 4.69) is 20.6 Å². The topological polar surface area (TPSA) is 85.8 Å². The maximum absolute atomic E-state index is 12.2. The second kappa shape index (κ2) is 7.51. The maximum Gasteiger partial charge on any atom is 0.226 e. The molecule has 0 saturated heterocycles. The van der Waals surface area contributed by atoms with Gasteiger partial charge in [-0.3, -0.25) is 4.79 Å². The smallest absolute Gasteiger partial charge is 0.226 e. The number of nitrogens with one attached hydrogen (secondary N) is 1. The van der Waals surface area contributed by atoms with Crippen LogP contribution in [0.15, 0.2) is 47.2 Å². The van der Waals surface area contributed by atoms with E-state index in [-0.39, 0.29) is 11.3 Å². The van der Waals surface area contributed by atoms with Crippen molar-refractivity contribution in [2.45, 2.75) is 45.4 Å². The molecule has 0 aliphatic heterocycles. The van der Waals surface area contributed by atoms with Gasteiger partial charge >= 0.3 is 0 Å². The van der Waals surface area contributed by atoms with Gasteiger partial charge in [0.1, 0.15) is 0 Å². The third-order valence-corrected chi connectivity index (χ3v) is 3.83. The lowest BCUT2D eigenvalue weighted by Crippen LogP contribution is -2.13. The summed E-state index contributed by atoms with van der Waals surface area (Å²) in [6.07, 6.45) is 5.20. The fourth-order valence-corrected chi connectivity index (χ4v) is 2.43. The highest BCUT2D eigenvalue weighted by Crippen LogP contribution is 2.19. The zero-order chi connectivity index (χ0) is 18.6. The van der Waals surface area contributed by atoms with E-state index in [4.69, 9.17) is 4.52 Å². The van der Waals surface area contributed by atoms with E-state index in [1.165, 1.54) is 0 Å². The molecule has 0 aliphatic rings. The van der Waals surface area contributed by atoms with Crippen LogP contribution in [0.1, 0.15) is 45.3 Å². The summed E-state index contributed by atoms with van der Waals surface area (Å²) in [5.74, 6) is 1.22. The Balaban J connectivity index is 1.50. The normalized spacial score (nSPS) is 11.5. The number of hydrogen-bond donors (Lipinski definition) is 1. The highest BCUT2D eigenvalue weighted by atomic mass is 16.5. The van der Waals surface area contributed by atoms with Crippen molar-refractivity contribution in [3.8, 4) is 5.69 Å². The SMILES string of the molecule is CC(C)(C)c1noc(CCCC(=O)Nc2cccc(-n3cccn3)c2)n1. The standard InChI is InChI=1S/C19H23N5O2/c1-19(2,3)18-22-17(26-23-18)10-5-9-16(25)21-14-7-4-8-15(13-14)24-12-6-11-20-24/h4,6-8,11-13H,5,9-10H2,1-3H3,(H,21,25). The lowest BCUT2D eigenvalue weighted by molar-refractivity contribution is -0.116. The van der Waals surface area contributed by atoms with E-state index in [0.29, 0.717) is 31.0 Å². The highest BCUT2D eigenvalue weighted by molar-refractivity contribution is 5.90. The molecule has 136 valence electrons. The van der Waals surface area contributed by atoms with Gasteiger partial charge in [0.05, 0.1) is 5.69 Å². The molecule has 0 spiro atoms. The fourth-order valence-electron chi connectivity index (χ4n) is 2.43. The molecule has 0 saturated carbocycles. The van der Waals surface area contributed by atoms with Crippen LogP contribution in [0.25, 0.3) is 5.69 Å². The van der Waals surface area contributed by atoms with Gasteiger partial charge in [-0.25, -0.2) is 4.68 Å². The van der Waals surface area contributed by atoms with Crippen LogP contribution in [0.4, 0.5) is 5.69 Å². The van der Waals surface area contributed by atoms with Crippen LogP contribution < -0.4 is 5.32 Å². The first-order valence-corrected chi connectivity index (χ1v) is 8.65. The van der Waals surface area contributed by atoms with E-state index < -0.39 is 0 Å². The molecule has 0 radical (unpaired) electrons. The van der Waals surface area contributed by atoms with Crippen molar-refractivity contribution < 1.29 is 9.32 Å².